The monoisotopic (exact) mass is 426 g/mol. The molecule has 6 nitrogen and oxygen atoms in total. The third-order valence-corrected chi connectivity index (χ3v) is 5.63. The van der Waals surface area contributed by atoms with Crippen LogP contribution in [-0.2, 0) is 29.4 Å². The molecule has 2 fully saturated rings. The number of rotatable bonds is 2. The Hall–Kier alpha value is -1.22. The Balaban J connectivity index is 1.67. The van der Waals surface area contributed by atoms with E-state index in [1.165, 1.54) is 0 Å². The molecule has 2 saturated heterocycles. The number of fused-ring (bicyclic) bond motifs is 2. The zero-order chi connectivity index (χ0) is 19.8. The minimum Gasteiger partial charge on any atom is -0.388 e. The zero-order valence-corrected chi connectivity index (χ0v) is 16.3. The van der Waals surface area contributed by atoms with Gasteiger partial charge in [-0.3, -0.25) is 0 Å². The van der Waals surface area contributed by atoms with Crippen LogP contribution in [0.1, 0.15) is 11.1 Å². The summed E-state index contributed by atoms with van der Waals surface area (Å²) in [7, 11) is 0. The molecule has 150 valence electrons. The van der Waals surface area contributed by atoms with Gasteiger partial charge >= 0.3 is 0 Å². The van der Waals surface area contributed by atoms with Crippen molar-refractivity contribution < 1.29 is 29.2 Å². The van der Waals surface area contributed by atoms with E-state index in [1.54, 1.807) is 48.5 Å². The van der Waals surface area contributed by atoms with Gasteiger partial charge in [-0.05, 0) is 0 Å². The van der Waals surface area contributed by atoms with Crippen molar-refractivity contribution in [2.24, 2.45) is 0 Å². The van der Waals surface area contributed by atoms with E-state index in [1.807, 2.05) is 12.1 Å². The maximum absolute atomic E-state index is 10.8. The average Bonchev–Trinajstić information content (AvgIpc) is 2.86. The molecule has 6 atom stereocenters. The van der Waals surface area contributed by atoms with E-state index in [9.17, 15) is 10.2 Å². The summed E-state index contributed by atoms with van der Waals surface area (Å²) in [5.74, 6) is 0. The van der Waals surface area contributed by atoms with E-state index in [0.717, 1.165) is 0 Å². The van der Waals surface area contributed by atoms with Crippen molar-refractivity contribution in [3.05, 3.63) is 71.8 Å². The molecule has 2 aliphatic heterocycles. The summed E-state index contributed by atoms with van der Waals surface area (Å²) in [6.07, 6.45) is -4.53. The van der Waals surface area contributed by atoms with Crippen LogP contribution in [0.5, 0.6) is 0 Å². The standard InChI is InChI=1S/C20H20Cl2O6/c21-19(13-7-3-1-4-8-13)25-11-15(23)18-17(24)16(27-19)12-26-20(22,28-18)14-9-5-2-6-10-14/h1-10,15-18,23-24H,11-12H2/t15-,16+,17+,18+,19?,20?/m0/s1. The maximum atomic E-state index is 10.8. The molecule has 8 heteroatoms. The highest BCUT2D eigenvalue weighted by molar-refractivity contribution is 6.22. The fraction of sp³-hybridized carbons (Fsp3) is 0.400. The Labute approximate surface area is 172 Å². The molecule has 0 aromatic heterocycles. The lowest BCUT2D eigenvalue weighted by Gasteiger charge is -2.39. The van der Waals surface area contributed by atoms with Crippen LogP contribution in [0.4, 0.5) is 0 Å². The number of halogens is 2. The fourth-order valence-corrected chi connectivity index (χ4v) is 3.88. The van der Waals surface area contributed by atoms with E-state index in [0.29, 0.717) is 11.1 Å². The van der Waals surface area contributed by atoms with Crippen LogP contribution in [0, 0.1) is 0 Å². The molecule has 2 bridgehead atoms. The predicted octanol–water partition coefficient (Wildman–Crippen LogP) is 2.64. The van der Waals surface area contributed by atoms with Gasteiger partial charge in [0.1, 0.15) is 24.4 Å². The Morgan fingerprint density at radius 3 is 1.82 bits per heavy atom. The highest BCUT2D eigenvalue weighted by atomic mass is 35.5. The van der Waals surface area contributed by atoms with E-state index in [-0.39, 0.29) is 13.2 Å². The summed E-state index contributed by atoms with van der Waals surface area (Å²) < 4.78 is 23.2. The molecule has 0 saturated carbocycles. The smallest absolute Gasteiger partial charge is 0.276 e. The van der Waals surface area contributed by atoms with Crippen molar-refractivity contribution in [1.82, 2.24) is 0 Å². The summed E-state index contributed by atoms with van der Waals surface area (Å²) in [6, 6.07) is 17.7. The number of aliphatic hydroxyl groups excluding tert-OH is 2. The van der Waals surface area contributed by atoms with Crippen molar-refractivity contribution in [3.8, 4) is 0 Å². The first kappa shape index (κ1) is 20.1. The van der Waals surface area contributed by atoms with E-state index in [4.69, 9.17) is 42.1 Å². The normalized spacial score (nSPS) is 38.9. The van der Waals surface area contributed by atoms with Crippen LogP contribution >= 0.6 is 23.2 Å². The molecule has 2 aromatic carbocycles. The summed E-state index contributed by atoms with van der Waals surface area (Å²) in [5, 5.41) is 18.1. The van der Waals surface area contributed by atoms with Crippen molar-refractivity contribution in [2.45, 2.75) is 34.9 Å². The molecule has 2 N–H and O–H groups in total. The van der Waals surface area contributed by atoms with Gasteiger partial charge in [0.2, 0.25) is 0 Å². The van der Waals surface area contributed by atoms with E-state index < -0.39 is 34.9 Å². The van der Waals surface area contributed by atoms with Crippen LogP contribution in [0.2, 0.25) is 0 Å². The SMILES string of the molecule is O[C@H]1[C@@H]2OC(Cl)(c3ccccc3)OC[C@H]1OC(Cl)(c1ccccc1)OC[C@@H]2O. The number of ether oxygens (including phenoxy) is 4. The Kier molecular flexibility index (Phi) is 5.66. The molecule has 2 aromatic rings. The predicted molar refractivity (Wildman–Crippen MR) is 102 cm³/mol. The van der Waals surface area contributed by atoms with Crippen LogP contribution in [0.25, 0.3) is 0 Å². The average molecular weight is 427 g/mol. The van der Waals surface area contributed by atoms with Gasteiger partial charge in [0.05, 0.1) is 13.2 Å². The fourth-order valence-electron chi connectivity index (χ4n) is 3.28. The molecule has 0 amide bonds. The number of alkyl halides is 2. The molecule has 2 aliphatic rings. The van der Waals surface area contributed by atoms with Crippen LogP contribution < -0.4 is 0 Å². The molecule has 0 aliphatic carbocycles. The molecular formula is C20H20Cl2O6. The van der Waals surface area contributed by atoms with Gasteiger partial charge in [0.25, 0.3) is 10.5 Å². The molecule has 28 heavy (non-hydrogen) atoms. The first-order valence-corrected chi connectivity index (χ1v) is 9.65. The van der Waals surface area contributed by atoms with Crippen molar-refractivity contribution in [1.29, 1.82) is 0 Å². The number of benzene rings is 2. The second-order valence-electron chi connectivity index (χ2n) is 6.72. The molecule has 0 spiro atoms. The third kappa shape index (κ3) is 3.79. The molecule has 0 radical (unpaired) electrons. The first-order chi connectivity index (χ1) is 13.4. The highest BCUT2D eigenvalue weighted by Crippen LogP contribution is 2.42. The molecular weight excluding hydrogens is 407 g/mol. The van der Waals surface area contributed by atoms with Crippen LogP contribution in [-0.4, -0.2) is 47.8 Å². The maximum Gasteiger partial charge on any atom is 0.276 e. The van der Waals surface area contributed by atoms with Crippen molar-refractivity contribution in [3.63, 3.8) is 0 Å². The Morgan fingerprint density at radius 1 is 0.750 bits per heavy atom. The van der Waals surface area contributed by atoms with Gasteiger partial charge in [-0.2, -0.15) is 0 Å². The topological polar surface area (TPSA) is 77.4 Å². The summed E-state index contributed by atoms with van der Waals surface area (Å²) in [4.78, 5) is 0. The first-order valence-electron chi connectivity index (χ1n) is 8.90. The zero-order valence-electron chi connectivity index (χ0n) is 14.8. The third-order valence-electron chi connectivity index (χ3n) is 4.80. The van der Waals surface area contributed by atoms with Gasteiger partial charge < -0.3 is 29.2 Å². The lowest BCUT2D eigenvalue weighted by molar-refractivity contribution is -0.276. The van der Waals surface area contributed by atoms with Gasteiger partial charge in [-0.1, -0.05) is 83.9 Å². The Morgan fingerprint density at radius 2 is 1.25 bits per heavy atom. The van der Waals surface area contributed by atoms with Crippen molar-refractivity contribution >= 4 is 23.2 Å². The van der Waals surface area contributed by atoms with E-state index in [2.05, 4.69) is 0 Å². The van der Waals surface area contributed by atoms with Gasteiger partial charge in [-0.15, -0.1) is 0 Å². The second-order valence-corrected chi connectivity index (χ2v) is 7.72. The minimum absolute atomic E-state index is 0.132. The van der Waals surface area contributed by atoms with Crippen molar-refractivity contribution in [2.75, 3.05) is 13.2 Å². The molecule has 2 heterocycles. The number of hydrogen-bond acceptors (Lipinski definition) is 6. The van der Waals surface area contributed by atoms with Gasteiger partial charge in [0.15, 0.2) is 0 Å². The summed E-state index contributed by atoms with van der Waals surface area (Å²) in [6.45, 7) is -0.373. The summed E-state index contributed by atoms with van der Waals surface area (Å²) in [5.41, 5.74) is 1.06. The van der Waals surface area contributed by atoms with Crippen LogP contribution in [0.3, 0.4) is 0 Å². The Bertz CT molecular complexity index is 754. The van der Waals surface area contributed by atoms with Gasteiger partial charge in [0, 0.05) is 11.1 Å². The number of hydrogen-bond donors (Lipinski definition) is 2. The highest BCUT2D eigenvalue weighted by Gasteiger charge is 2.51. The minimum atomic E-state index is -1.70. The molecule has 2 unspecified atom stereocenters. The second kappa shape index (κ2) is 7.89. The van der Waals surface area contributed by atoms with Gasteiger partial charge in [-0.25, -0.2) is 0 Å². The lowest BCUT2D eigenvalue weighted by atomic mass is 10.0. The largest absolute Gasteiger partial charge is 0.388 e. The molecule has 4 rings (SSSR count). The lowest BCUT2D eigenvalue weighted by Crippen LogP contribution is -2.54. The number of aliphatic hydroxyl groups is 2. The van der Waals surface area contributed by atoms with Crippen LogP contribution in [0.15, 0.2) is 60.7 Å². The van der Waals surface area contributed by atoms with E-state index >= 15 is 0 Å². The summed E-state index contributed by atoms with van der Waals surface area (Å²) >= 11 is 13.2. The quantitative estimate of drug-likeness (QED) is 0.718.